The van der Waals surface area contributed by atoms with Crippen molar-refractivity contribution in [1.29, 1.82) is 0 Å². The van der Waals surface area contributed by atoms with Crippen LogP contribution in [0.2, 0.25) is 0 Å². The highest BCUT2D eigenvalue weighted by molar-refractivity contribution is 7.92. The first kappa shape index (κ1) is 17.2. The quantitative estimate of drug-likeness (QED) is 0.699. The highest BCUT2D eigenvalue weighted by atomic mass is 32.2. The maximum Gasteiger partial charge on any atom is 0.263 e. The molecule has 0 unspecified atom stereocenters. The lowest BCUT2D eigenvalue weighted by Gasteiger charge is -2.10. The highest BCUT2D eigenvalue weighted by Gasteiger charge is 2.15. The molecule has 0 spiro atoms. The summed E-state index contributed by atoms with van der Waals surface area (Å²) in [6, 6.07) is 15.6. The lowest BCUT2D eigenvalue weighted by atomic mass is 10.2. The summed E-state index contributed by atoms with van der Waals surface area (Å²) in [6.45, 7) is 2.06. The van der Waals surface area contributed by atoms with Crippen LogP contribution in [0.4, 0.5) is 17.2 Å². The molecule has 4 rings (SSSR count). The normalized spacial score (nSPS) is 12.6. The third kappa shape index (κ3) is 3.80. The molecular formula is C19H17N3O4S. The minimum absolute atomic E-state index is 0.201. The Morgan fingerprint density at radius 1 is 0.963 bits per heavy atom. The van der Waals surface area contributed by atoms with E-state index >= 15 is 0 Å². The van der Waals surface area contributed by atoms with Crippen molar-refractivity contribution in [2.24, 2.45) is 0 Å². The smallest absolute Gasteiger partial charge is 0.263 e. The number of nitrogens with one attached hydrogen (secondary N) is 2. The van der Waals surface area contributed by atoms with Gasteiger partial charge in [0.15, 0.2) is 11.5 Å². The van der Waals surface area contributed by atoms with E-state index in [1.165, 1.54) is 0 Å². The van der Waals surface area contributed by atoms with Crippen molar-refractivity contribution in [3.05, 3.63) is 66.4 Å². The lowest BCUT2D eigenvalue weighted by molar-refractivity contribution is 0.174. The van der Waals surface area contributed by atoms with Gasteiger partial charge in [-0.1, -0.05) is 12.1 Å². The highest BCUT2D eigenvalue weighted by Crippen LogP contribution is 2.35. The standard InChI is InChI=1S/C19H17N3O4S/c1-13-3-2-4-16(9-13)27(23,24)22-19-8-6-15(11-20-19)21-14-5-7-17-18(10-14)26-12-25-17/h2-11,21H,12H2,1H3,(H,20,22). The van der Waals surface area contributed by atoms with Crippen LogP contribution in [0, 0.1) is 6.92 Å². The molecule has 0 bridgehead atoms. The number of aryl methyl sites for hydroxylation is 1. The number of sulfonamides is 1. The molecule has 0 amide bonds. The third-order valence-electron chi connectivity index (χ3n) is 3.96. The maximum absolute atomic E-state index is 12.4. The summed E-state index contributed by atoms with van der Waals surface area (Å²) in [4.78, 5) is 4.37. The molecule has 27 heavy (non-hydrogen) atoms. The molecule has 138 valence electrons. The second kappa shape index (κ2) is 6.81. The van der Waals surface area contributed by atoms with Gasteiger partial charge in [-0.15, -0.1) is 0 Å². The predicted octanol–water partition coefficient (Wildman–Crippen LogP) is 3.66. The molecule has 0 fully saturated rings. The van der Waals surface area contributed by atoms with Gasteiger partial charge in [0.1, 0.15) is 5.82 Å². The molecule has 8 heteroatoms. The molecule has 2 heterocycles. The average Bonchev–Trinajstić information content (AvgIpc) is 3.11. The zero-order valence-electron chi connectivity index (χ0n) is 14.5. The fraction of sp³-hybridized carbons (Fsp3) is 0.105. The lowest BCUT2D eigenvalue weighted by Crippen LogP contribution is -2.14. The van der Waals surface area contributed by atoms with Crippen molar-refractivity contribution in [2.45, 2.75) is 11.8 Å². The van der Waals surface area contributed by atoms with Crippen molar-refractivity contribution < 1.29 is 17.9 Å². The number of rotatable bonds is 5. The van der Waals surface area contributed by atoms with Crippen molar-refractivity contribution in [3.63, 3.8) is 0 Å². The Kier molecular flexibility index (Phi) is 4.33. The van der Waals surface area contributed by atoms with Gasteiger partial charge in [-0.3, -0.25) is 4.72 Å². The van der Waals surface area contributed by atoms with Gasteiger partial charge in [-0.05, 0) is 48.9 Å². The van der Waals surface area contributed by atoms with E-state index in [0.717, 1.165) is 11.3 Å². The van der Waals surface area contributed by atoms with E-state index in [1.54, 1.807) is 36.5 Å². The van der Waals surface area contributed by atoms with Crippen LogP contribution in [-0.2, 0) is 10.0 Å². The first-order valence-corrected chi connectivity index (χ1v) is 9.70. The molecule has 2 N–H and O–H groups in total. The summed E-state index contributed by atoms with van der Waals surface area (Å²) >= 11 is 0. The Morgan fingerprint density at radius 3 is 2.56 bits per heavy atom. The van der Waals surface area contributed by atoms with Crippen LogP contribution in [-0.4, -0.2) is 20.2 Å². The van der Waals surface area contributed by atoms with Crippen molar-refractivity contribution in [1.82, 2.24) is 4.98 Å². The Balaban J connectivity index is 1.47. The number of nitrogens with zero attached hydrogens (tertiary/aromatic N) is 1. The van der Waals surface area contributed by atoms with Crippen LogP contribution < -0.4 is 19.5 Å². The Hall–Kier alpha value is -3.26. The minimum atomic E-state index is -3.68. The van der Waals surface area contributed by atoms with Crippen LogP contribution in [0.15, 0.2) is 65.7 Å². The van der Waals surface area contributed by atoms with Gasteiger partial charge in [-0.2, -0.15) is 0 Å². The van der Waals surface area contributed by atoms with Crippen molar-refractivity contribution in [3.8, 4) is 11.5 Å². The van der Waals surface area contributed by atoms with E-state index in [4.69, 9.17) is 9.47 Å². The molecule has 3 aromatic rings. The summed E-state index contributed by atoms with van der Waals surface area (Å²) in [5.74, 6) is 1.63. The van der Waals surface area contributed by atoms with E-state index in [2.05, 4.69) is 15.0 Å². The Morgan fingerprint density at radius 2 is 1.78 bits per heavy atom. The molecular weight excluding hydrogens is 366 g/mol. The number of fused-ring (bicyclic) bond motifs is 1. The van der Waals surface area contributed by atoms with Crippen LogP contribution in [0.1, 0.15) is 5.56 Å². The van der Waals surface area contributed by atoms with Gasteiger partial charge < -0.3 is 14.8 Å². The first-order valence-electron chi connectivity index (χ1n) is 8.22. The number of aromatic nitrogens is 1. The maximum atomic E-state index is 12.4. The molecule has 0 radical (unpaired) electrons. The second-order valence-electron chi connectivity index (χ2n) is 6.05. The number of hydrogen-bond donors (Lipinski definition) is 2. The zero-order chi connectivity index (χ0) is 18.9. The van der Waals surface area contributed by atoms with E-state index in [1.807, 2.05) is 31.2 Å². The molecule has 1 aliphatic rings. The molecule has 0 aliphatic carbocycles. The van der Waals surface area contributed by atoms with Crippen LogP contribution in [0.5, 0.6) is 11.5 Å². The van der Waals surface area contributed by atoms with Crippen LogP contribution in [0.25, 0.3) is 0 Å². The monoisotopic (exact) mass is 383 g/mol. The topological polar surface area (TPSA) is 89.6 Å². The predicted molar refractivity (Wildman–Crippen MR) is 102 cm³/mol. The Bertz CT molecular complexity index is 1080. The summed E-state index contributed by atoms with van der Waals surface area (Å²) in [7, 11) is -3.68. The number of anilines is 3. The van der Waals surface area contributed by atoms with Crippen molar-refractivity contribution >= 4 is 27.2 Å². The summed E-state index contributed by atoms with van der Waals surface area (Å²) in [6.07, 6.45) is 1.55. The van der Waals surface area contributed by atoms with Crippen molar-refractivity contribution in [2.75, 3.05) is 16.8 Å². The molecule has 0 atom stereocenters. The summed E-state index contributed by atoms with van der Waals surface area (Å²) < 4.78 is 38.0. The number of benzene rings is 2. The van der Waals surface area contributed by atoms with Gasteiger partial charge >= 0.3 is 0 Å². The number of hydrogen-bond acceptors (Lipinski definition) is 6. The van der Waals surface area contributed by atoms with Crippen LogP contribution >= 0.6 is 0 Å². The largest absolute Gasteiger partial charge is 0.454 e. The molecule has 1 aromatic heterocycles. The summed E-state index contributed by atoms with van der Waals surface area (Å²) in [5.41, 5.74) is 2.40. The molecule has 2 aromatic carbocycles. The molecule has 7 nitrogen and oxygen atoms in total. The molecule has 0 saturated heterocycles. The fourth-order valence-corrected chi connectivity index (χ4v) is 3.76. The SMILES string of the molecule is Cc1cccc(S(=O)(=O)Nc2ccc(Nc3ccc4c(c3)OCO4)cn2)c1. The van der Waals surface area contributed by atoms with Gasteiger partial charge in [0, 0.05) is 11.8 Å². The number of ether oxygens (including phenoxy) is 2. The van der Waals surface area contributed by atoms with E-state index in [0.29, 0.717) is 17.2 Å². The van der Waals surface area contributed by atoms with Gasteiger partial charge in [0.05, 0.1) is 16.8 Å². The first-order chi connectivity index (χ1) is 13.0. The zero-order valence-corrected chi connectivity index (χ0v) is 15.3. The molecule has 0 saturated carbocycles. The third-order valence-corrected chi connectivity index (χ3v) is 5.32. The average molecular weight is 383 g/mol. The van der Waals surface area contributed by atoms with E-state index < -0.39 is 10.0 Å². The van der Waals surface area contributed by atoms with Gasteiger partial charge in [-0.25, -0.2) is 13.4 Å². The molecule has 1 aliphatic heterocycles. The summed E-state index contributed by atoms with van der Waals surface area (Å²) in [5, 5.41) is 3.19. The van der Waals surface area contributed by atoms with Gasteiger partial charge in [0.25, 0.3) is 10.0 Å². The Labute approximate surface area is 157 Å². The number of pyridine rings is 1. The fourth-order valence-electron chi connectivity index (χ4n) is 2.65. The van der Waals surface area contributed by atoms with E-state index in [9.17, 15) is 8.42 Å². The minimum Gasteiger partial charge on any atom is -0.454 e. The second-order valence-corrected chi connectivity index (χ2v) is 7.73. The van der Waals surface area contributed by atoms with Gasteiger partial charge in [0.2, 0.25) is 6.79 Å². The van der Waals surface area contributed by atoms with Crippen LogP contribution in [0.3, 0.4) is 0 Å². The van der Waals surface area contributed by atoms with E-state index in [-0.39, 0.29) is 17.5 Å².